The average Bonchev–Trinajstić information content (AvgIpc) is 2.40. The molecule has 0 heterocycles. The zero-order chi connectivity index (χ0) is 14.7. The summed E-state index contributed by atoms with van der Waals surface area (Å²) >= 11 is 3.36. The summed E-state index contributed by atoms with van der Waals surface area (Å²) in [6.45, 7) is 0. The van der Waals surface area contributed by atoms with Gasteiger partial charge in [0.2, 0.25) is 0 Å². The zero-order valence-corrected chi connectivity index (χ0v) is 12.2. The number of rotatable bonds is 4. The number of methoxy groups -OCH3 is 1. The van der Waals surface area contributed by atoms with E-state index in [0.29, 0.717) is 17.1 Å². The van der Waals surface area contributed by atoms with Crippen LogP contribution in [0.5, 0.6) is 5.75 Å². The first-order chi connectivity index (χ1) is 9.49. The van der Waals surface area contributed by atoms with Crippen molar-refractivity contribution in [2.24, 2.45) is 0 Å². The molecule has 0 atom stereocenters. The number of ether oxygens (including phenoxy) is 1. The van der Waals surface area contributed by atoms with Crippen molar-refractivity contribution in [3.05, 3.63) is 51.0 Å². The van der Waals surface area contributed by atoms with Crippen LogP contribution < -0.4 is 15.8 Å². The van der Waals surface area contributed by atoms with E-state index < -0.39 is 4.92 Å². The number of anilines is 3. The van der Waals surface area contributed by atoms with Crippen LogP contribution in [0.25, 0.3) is 0 Å². The number of nitro groups is 1. The number of nitro benzene ring substituents is 1. The third-order valence-corrected chi connectivity index (χ3v) is 3.25. The summed E-state index contributed by atoms with van der Waals surface area (Å²) in [6.07, 6.45) is 0. The molecule has 2 aromatic carbocycles. The molecule has 20 heavy (non-hydrogen) atoms. The summed E-state index contributed by atoms with van der Waals surface area (Å²) in [5, 5.41) is 13.9. The van der Waals surface area contributed by atoms with E-state index in [4.69, 9.17) is 10.5 Å². The van der Waals surface area contributed by atoms with Crippen molar-refractivity contribution in [1.82, 2.24) is 0 Å². The SMILES string of the molecule is COc1cc(Nc2cc(N)cc([N+](=O)[O-])c2)ccc1Br. The standard InChI is InChI=1S/C13H12BrN3O3/c1-20-13-7-9(2-3-12(13)14)16-10-4-8(15)5-11(6-10)17(18)19/h2-7,16H,15H2,1H3. The van der Waals surface area contributed by atoms with Gasteiger partial charge in [-0.1, -0.05) is 0 Å². The normalized spacial score (nSPS) is 10.1. The molecule has 0 fully saturated rings. The molecule has 7 heteroatoms. The minimum Gasteiger partial charge on any atom is -0.495 e. The highest BCUT2D eigenvalue weighted by molar-refractivity contribution is 9.10. The molecule has 0 saturated heterocycles. The number of nitrogen functional groups attached to an aromatic ring is 1. The van der Waals surface area contributed by atoms with E-state index in [9.17, 15) is 10.1 Å². The van der Waals surface area contributed by atoms with Crippen LogP contribution in [0.1, 0.15) is 0 Å². The molecule has 0 aliphatic carbocycles. The lowest BCUT2D eigenvalue weighted by molar-refractivity contribution is -0.384. The highest BCUT2D eigenvalue weighted by Gasteiger charge is 2.09. The second-order valence-electron chi connectivity index (χ2n) is 4.04. The number of nitrogens with zero attached hydrogens (tertiary/aromatic N) is 1. The Bertz CT molecular complexity index is 661. The van der Waals surface area contributed by atoms with Crippen LogP contribution in [-0.4, -0.2) is 12.0 Å². The molecule has 3 N–H and O–H groups in total. The van der Waals surface area contributed by atoms with Crippen molar-refractivity contribution in [2.75, 3.05) is 18.2 Å². The number of hydrogen-bond acceptors (Lipinski definition) is 5. The number of hydrogen-bond donors (Lipinski definition) is 2. The topological polar surface area (TPSA) is 90.4 Å². The lowest BCUT2D eigenvalue weighted by Gasteiger charge is -2.10. The van der Waals surface area contributed by atoms with Gasteiger partial charge in [0, 0.05) is 35.3 Å². The van der Waals surface area contributed by atoms with E-state index >= 15 is 0 Å². The number of non-ortho nitro benzene ring substituents is 1. The van der Waals surface area contributed by atoms with Gasteiger partial charge in [0.05, 0.1) is 16.5 Å². The molecular weight excluding hydrogens is 326 g/mol. The van der Waals surface area contributed by atoms with Crippen LogP contribution in [0.3, 0.4) is 0 Å². The smallest absolute Gasteiger partial charge is 0.273 e. The monoisotopic (exact) mass is 337 g/mol. The maximum Gasteiger partial charge on any atom is 0.273 e. The Kier molecular flexibility index (Phi) is 4.09. The first-order valence-electron chi connectivity index (χ1n) is 5.65. The van der Waals surface area contributed by atoms with Gasteiger partial charge in [-0.25, -0.2) is 0 Å². The van der Waals surface area contributed by atoms with Gasteiger partial charge in [-0.05, 0) is 34.1 Å². The minimum atomic E-state index is -0.482. The molecule has 0 amide bonds. The first-order valence-corrected chi connectivity index (χ1v) is 6.44. The molecule has 2 aromatic rings. The molecule has 2 rings (SSSR count). The van der Waals surface area contributed by atoms with Crippen molar-refractivity contribution in [3.63, 3.8) is 0 Å². The highest BCUT2D eigenvalue weighted by Crippen LogP contribution is 2.31. The molecule has 6 nitrogen and oxygen atoms in total. The van der Waals surface area contributed by atoms with Gasteiger partial charge in [-0.3, -0.25) is 10.1 Å². The molecule has 0 radical (unpaired) electrons. The van der Waals surface area contributed by atoms with Gasteiger partial charge in [-0.15, -0.1) is 0 Å². The molecule has 0 spiro atoms. The lowest BCUT2D eigenvalue weighted by Crippen LogP contribution is -1.96. The van der Waals surface area contributed by atoms with Crippen LogP contribution >= 0.6 is 15.9 Å². The summed E-state index contributed by atoms with van der Waals surface area (Å²) in [6, 6.07) is 9.78. The molecule has 0 aliphatic heterocycles. The maximum atomic E-state index is 10.8. The van der Waals surface area contributed by atoms with Crippen LogP contribution in [0.2, 0.25) is 0 Å². The van der Waals surface area contributed by atoms with Crippen LogP contribution in [0.15, 0.2) is 40.9 Å². The molecule has 0 bridgehead atoms. The quantitative estimate of drug-likeness (QED) is 0.504. The van der Waals surface area contributed by atoms with Crippen LogP contribution in [-0.2, 0) is 0 Å². The Labute approximate surface area is 123 Å². The maximum absolute atomic E-state index is 10.8. The van der Waals surface area contributed by atoms with Gasteiger partial charge in [0.1, 0.15) is 5.75 Å². The van der Waals surface area contributed by atoms with Crippen molar-refractivity contribution in [2.45, 2.75) is 0 Å². The fourth-order valence-corrected chi connectivity index (χ4v) is 2.12. The van der Waals surface area contributed by atoms with Gasteiger partial charge in [0.15, 0.2) is 0 Å². The molecular formula is C13H12BrN3O3. The van der Waals surface area contributed by atoms with E-state index in [1.165, 1.54) is 12.1 Å². The highest BCUT2D eigenvalue weighted by atomic mass is 79.9. The number of nitrogens with one attached hydrogen (secondary N) is 1. The number of benzene rings is 2. The van der Waals surface area contributed by atoms with Gasteiger partial charge in [-0.2, -0.15) is 0 Å². The summed E-state index contributed by atoms with van der Waals surface area (Å²) in [5.41, 5.74) is 7.20. The van der Waals surface area contributed by atoms with Gasteiger partial charge in [0.25, 0.3) is 5.69 Å². The third-order valence-electron chi connectivity index (χ3n) is 2.59. The summed E-state index contributed by atoms with van der Waals surface area (Å²) < 4.78 is 6.01. The summed E-state index contributed by atoms with van der Waals surface area (Å²) in [4.78, 5) is 10.3. The van der Waals surface area contributed by atoms with Gasteiger partial charge < -0.3 is 15.8 Å². The van der Waals surface area contributed by atoms with Crippen LogP contribution in [0.4, 0.5) is 22.7 Å². The number of nitrogens with two attached hydrogens (primary N) is 1. The molecule has 104 valence electrons. The zero-order valence-electron chi connectivity index (χ0n) is 10.6. The average molecular weight is 338 g/mol. The van der Waals surface area contributed by atoms with E-state index in [0.717, 1.165) is 10.2 Å². The Morgan fingerprint density at radius 2 is 2.00 bits per heavy atom. The molecule has 0 aliphatic rings. The van der Waals surface area contributed by atoms with Crippen molar-refractivity contribution >= 4 is 38.7 Å². The van der Waals surface area contributed by atoms with Crippen molar-refractivity contribution in [1.29, 1.82) is 0 Å². The molecule has 0 aromatic heterocycles. The molecule has 0 unspecified atom stereocenters. The van der Waals surface area contributed by atoms with Crippen molar-refractivity contribution in [3.8, 4) is 5.75 Å². The first kappa shape index (κ1) is 14.1. The lowest BCUT2D eigenvalue weighted by atomic mass is 10.2. The van der Waals surface area contributed by atoms with Crippen LogP contribution in [0, 0.1) is 10.1 Å². The Hall–Kier alpha value is -2.28. The summed E-state index contributed by atoms with van der Waals surface area (Å²) in [5.74, 6) is 0.661. The Balaban J connectivity index is 2.32. The second kappa shape index (κ2) is 5.79. The largest absolute Gasteiger partial charge is 0.495 e. The van der Waals surface area contributed by atoms with Gasteiger partial charge >= 0.3 is 0 Å². The van der Waals surface area contributed by atoms with Crippen molar-refractivity contribution < 1.29 is 9.66 Å². The fraction of sp³-hybridized carbons (Fsp3) is 0.0769. The van der Waals surface area contributed by atoms with E-state index in [-0.39, 0.29) is 5.69 Å². The van der Waals surface area contributed by atoms with E-state index in [2.05, 4.69) is 21.2 Å². The Morgan fingerprint density at radius 3 is 2.65 bits per heavy atom. The van der Waals surface area contributed by atoms with E-state index in [1.807, 2.05) is 12.1 Å². The summed E-state index contributed by atoms with van der Waals surface area (Å²) in [7, 11) is 1.56. The van der Waals surface area contributed by atoms with E-state index in [1.54, 1.807) is 19.2 Å². The molecule has 0 saturated carbocycles. The Morgan fingerprint density at radius 1 is 1.25 bits per heavy atom. The predicted molar refractivity (Wildman–Crippen MR) is 81.5 cm³/mol. The number of halogens is 1. The fourth-order valence-electron chi connectivity index (χ4n) is 1.72. The minimum absolute atomic E-state index is 0.0587. The second-order valence-corrected chi connectivity index (χ2v) is 4.90. The predicted octanol–water partition coefficient (Wildman–Crippen LogP) is 3.69. The third kappa shape index (κ3) is 3.18.